The van der Waals surface area contributed by atoms with Crippen LogP contribution in [0.4, 0.5) is 0 Å². The third-order valence-corrected chi connectivity index (χ3v) is 5.24. The van der Waals surface area contributed by atoms with E-state index in [1.807, 2.05) is 6.92 Å². The van der Waals surface area contributed by atoms with Gasteiger partial charge in [-0.1, -0.05) is 13.8 Å². The fraction of sp³-hybridized carbons (Fsp3) is 1.00. The fourth-order valence-corrected chi connectivity index (χ4v) is 3.80. The third-order valence-electron chi connectivity index (χ3n) is 3.35. The molecule has 0 aromatic rings. The Balaban J connectivity index is 2.55. The minimum Gasteiger partial charge on any atom is -0.199 e. The van der Waals surface area contributed by atoms with E-state index in [4.69, 9.17) is 11.6 Å². The van der Waals surface area contributed by atoms with Gasteiger partial charge in [0, 0.05) is 25.0 Å². The molecule has 1 N–H and O–H groups in total. The summed E-state index contributed by atoms with van der Waals surface area (Å²) in [5.41, 5.74) is 0. The highest BCUT2D eigenvalue weighted by molar-refractivity contribution is 7.87. The monoisotopic (exact) mass is 282 g/mol. The van der Waals surface area contributed by atoms with Crippen molar-refractivity contribution in [1.29, 1.82) is 0 Å². The summed E-state index contributed by atoms with van der Waals surface area (Å²) in [4.78, 5) is 0. The molecule has 0 aliphatic carbocycles. The van der Waals surface area contributed by atoms with E-state index in [-0.39, 0.29) is 6.04 Å². The highest BCUT2D eigenvalue weighted by atomic mass is 35.5. The van der Waals surface area contributed by atoms with E-state index in [9.17, 15) is 8.42 Å². The highest BCUT2D eigenvalue weighted by Crippen LogP contribution is 2.18. The highest BCUT2D eigenvalue weighted by Gasteiger charge is 2.27. The van der Waals surface area contributed by atoms with E-state index in [0.29, 0.717) is 31.3 Å². The van der Waals surface area contributed by atoms with Gasteiger partial charge in [-0.05, 0) is 31.6 Å². The molecule has 1 heterocycles. The maximum absolute atomic E-state index is 12.1. The van der Waals surface area contributed by atoms with Crippen molar-refractivity contribution in [2.24, 2.45) is 5.92 Å². The molecule has 0 spiro atoms. The molecular formula is C11H23ClN2O2S. The van der Waals surface area contributed by atoms with E-state index in [1.165, 1.54) is 0 Å². The van der Waals surface area contributed by atoms with Crippen LogP contribution in [0, 0.1) is 5.92 Å². The standard InChI is InChI=1S/C11H23ClN2O2S/c1-3-11(4-7-12)13-17(15,16)14-8-5-10(2)6-9-14/h10-11,13H,3-9H2,1-2H3. The lowest BCUT2D eigenvalue weighted by atomic mass is 10.0. The molecule has 0 saturated carbocycles. The van der Waals surface area contributed by atoms with Gasteiger partial charge < -0.3 is 0 Å². The number of alkyl halides is 1. The van der Waals surface area contributed by atoms with Crippen molar-refractivity contribution in [1.82, 2.24) is 9.03 Å². The normalized spacial score (nSPS) is 21.6. The van der Waals surface area contributed by atoms with Crippen LogP contribution in [0.2, 0.25) is 0 Å². The molecule has 1 aliphatic rings. The molecular weight excluding hydrogens is 260 g/mol. The Labute approximate surface area is 110 Å². The van der Waals surface area contributed by atoms with Gasteiger partial charge in [0.25, 0.3) is 10.2 Å². The zero-order chi connectivity index (χ0) is 12.9. The number of halogens is 1. The summed E-state index contributed by atoms with van der Waals surface area (Å²) < 4.78 is 28.5. The smallest absolute Gasteiger partial charge is 0.199 e. The van der Waals surface area contributed by atoms with Crippen molar-refractivity contribution in [3.63, 3.8) is 0 Å². The van der Waals surface area contributed by atoms with Crippen molar-refractivity contribution < 1.29 is 8.42 Å². The van der Waals surface area contributed by atoms with Crippen LogP contribution in [0.15, 0.2) is 0 Å². The van der Waals surface area contributed by atoms with Gasteiger partial charge in [-0.25, -0.2) is 0 Å². The van der Waals surface area contributed by atoms with Crippen molar-refractivity contribution in [2.75, 3.05) is 19.0 Å². The molecule has 1 unspecified atom stereocenters. The van der Waals surface area contributed by atoms with E-state index in [1.54, 1.807) is 4.31 Å². The van der Waals surface area contributed by atoms with Gasteiger partial charge >= 0.3 is 0 Å². The van der Waals surface area contributed by atoms with Crippen molar-refractivity contribution in [3.8, 4) is 0 Å². The van der Waals surface area contributed by atoms with Gasteiger partial charge in [0.05, 0.1) is 0 Å². The van der Waals surface area contributed by atoms with Crippen LogP contribution in [0.1, 0.15) is 39.5 Å². The molecule has 0 aromatic carbocycles. The molecule has 102 valence electrons. The van der Waals surface area contributed by atoms with Crippen LogP contribution in [-0.2, 0) is 10.2 Å². The fourth-order valence-electron chi connectivity index (χ4n) is 1.99. The molecule has 0 aromatic heterocycles. The first kappa shape index (κ1) is 15.2. The SMILES string of the molecule is CCC(CCCl)NS(=O)(=O)N1CCC(C)CC1. The van der Waals surface area contributed by atoms with Gasteiger partial charge in [-0.3, -0.25) is 0 Å². The summed E-state index contributed by atoms with van der Waals surface area (Å²) in [7, 11) is -3.32. The Morgan fingerprint density at radius 3 is 2.47 bits per heavy atom. The van der Waals surface area contributed by atoms with Gasteiger partial charge in [0.15, 0.2) is 0 Å². The average molecular weight is 283 g/mol. The van der Waals surface area contributed by atoms with Crippen LogP contribution in [0.5, 0.6) is 0 Å². The Kier molecular flexibility index (Phi) is 6.20. The molecule has 1 aliphatic heterocycles. The number of hydrogen-bond acceptors (Lipinski definition) is 2. The van der Waals surface area contributed by atoms with E-state index in [0.717, 1.165) is 19.3 Å². The van der Waals surface area contributed by atoms with Gasteiger partial charge in [-0.2, -0.15) is 17.4 Å². The summed E-state index contributed by atoms with van der Waals surface area (Å²) in [5, 5.41) is 0. The lowest BCUT2D eigenvalue weighted by molar-refractivity contribution is 0.283. The molecule has 1 saturated heterocycles. The Bertz CT molecular complexity index is 313. The van der Waals surface area contributed by atoms with Crippen LogP contribution in [0.25, 0.3) is 0 Å². The number of nitrogens with one attached hydrogen (secondary N) is 1. The largest absolute Gasteiger partial charge is 0.279 e. The van der Waals surface area contributed by atoms with E-state index < -0.39 is 10.2 Å². The Morgan fingerprint density at radius 1 is 1.41 bits per heavy atom. The van der Waals surface area contributed by atoms with Gasteiger partial charge in [-0.15, -0.1) is 11.6 Å². The maximum Gasteiger partial charge on any atom is 0.279 e. The summed E-state index contributed by atoms with van der Waals surface area (Å²) in [5.74, 6) is 1.11. The number of rotatable bonds is 6. The predicted octanol–water partition coefficient (Wildman–Crippen LogP) is 1.96. The second-order valence-electron chi connectivity index (χ2n) is 4.79. The Hall–Kier alpha value is 0.160. The predicted molar refractivity (Wildman–Crippen MR) is 71.4 cm³/mol. The molecule has 6 heteroatoms. The second-order valence-corrected chi connectivity index (χ2v) is 6.87. The minimum absolute atomic E-state index is 0.0446. The number of nitrogens with zero attached hydrogens (tertiary/aromatic N) is 1. The molecule has 1 atom stereocenters. The van der Waals surface area contributed by atoms with E-state index >= 15 is 0 Å². The topological polar surface area (TPSA) is 49.4 Å². The van der Waals surface area contributed by atoms with E-state index in [2.05, 4.69) is 11.6 Å². The van der Waals surface area contributed by atoms with Gasteiger partial charge in [0.2, 0.25) is 0 Å². The molecule has 17 heavy (non-hydrogen) atoms. The third kappa shape index (κ3) is 4.73. The van der Waals surface area contributed by atoms with Crippen LogP contribution in [0.3, 0.4) is 0 Å². The second kappa shape index (κ2) is 6.92. The first-order valence-electron chi connectivity index (χ1n) is 6.33. The first-order chi connectivity index (χ1) is 7.99. The molecule has 0 bridgehead atoms. The molecule has 4 nitrogen and oxygen atoms in total. The number of piperidine rings is 1. The molecule has 0 radical (unpaired) electrons. The van der Waals surface area contributed by atoms with Crippen LogP contribution in [-0.4, -0.2) is 37.7 Å². The summed E-state index contributed by atoms with van der Waals surface area (Å²) in [6.07, 6.45) is 3.36. The average Bonchev–Trinajstić information content (AvgIpc) is 2.28. The van der Waals surface area contributed by atoms with Gasteiger partial charge in [0.1, 0.15) is 0 Å². The van der Waals surface area contributed by atoms with Crippen LogP contribution >= 0.6 is 11.6 Å². The van der Waals surface area contributed by atoms with Crippen molar-refractivity contribution >= 4 is 21.8 Å². The molecule has 1 fully saturated rings. The summed E-state index contributed by atoms with van der Waals surface area (Å²) >= 11 is 5.66. The van der Waals surface area contributed by atoms with Crippen molar-refractivity contribution in [3.05, 3.63) is 0 Å². The Morgan fingerprint density at radius 2 is 2.00 bits per heavy atom. The van der Waals surface area contributed by atoms with Crippen LogP contribution < -0.4 is 4.72 Å². The summed E-state index contributed by atoms with van der Waals surface area (Å²) in [6.45, 7) is 5.40. The maximum atomic E-state index is 12.1. The molecule has 1 rings (SSSR count). The lowest BCUT2D eigenvalue weighted by Crippen LogP contribution is -2.48. The van der Waals surface area contributed by atoms with Crippen molar-refractivity contribution in [2.45, 2.75) is 45.6 Å². The quantitative estimate of drug-likeness (QED) is 0.757. The zero-order valence-corrected chi connectivity index (χ0v) is 12.2. The zero-order valence-electron chi connectivity index (χ0n) is 10.7. The lowest BCUT2D eigenvalue weighted by Gasteiger charge is -2.30. The first-order valence-corrected chi connectivity index (χ1v) is 8.30. The summed E-state index contributed by atoms with van der Waals surface area (Å²) in [6, 6.07) is -0.0446. The number of hydrogen-bond donors (Lipinski definition) is 1. The minimum atomic E-state index is -3.32. The molecule has 0 amide bonds.